The fourth-order valence-electron chi connectivity index (χ4n) is 1.59. The van der Waals surface area contributed by atoms with Crippen molar-refractivity contribution in [3.8, 4) is 0 Å². The van der Waals surface area contributed by atoms with Crippen LogP contribution in [0.2, 0.25) is 0 Å². The van der Waals surface area contributed by atoms with Crippen LogP contribution in [0.5, 0.6) is 0 Å². The average Bonchev–Trinajstić information content (AvgIpc) is 2.68. The van der Waals surface area contributed by atoms with Gasteiger partial charge in [0.15, 0.2) is 5.76 Å². The average molecular weight is 214 g/mol. The first kappa shape index (κ1) is 10.7. The van der Waals surface area contributed by atoms with Gasteiger partial charge in [-0.2, -0.15) is 0 Å². The molecule has 82 valence electrons. The van der Waals surface area contributed by atoms with Gasteiger partial charge in [-0.05, 0) is 37.6 Å². The van der Waals surface area contributed by atoms with E-state index in [9.17, 15) is 4.79 Å². The van der Waals surface area contributed by atoms with Gasteiger partial charge in [-0.25, -0.2) is 0 Å². The first-order valence-electron chi connectivity index (χ1n) is 5.42. The molecule has 0 spiro atoms. The second-order valence-corrected chi connectivity index (χ2v) is 3.83. The lowest BCUT2D eigenvalue weighted by molar-refractivity contribution is 0.102. The molecule has 0 radical (unpaired) electrons. The first-order chi connectivity index (χ1) is 7.70. The van der Waals surface area contributed by atoms with Crippen molar-refractivity contribution >= 4 is 16.8 Å². The third-order valence-electron chi connectivity index (χ3n) is 2.42. The second kappa shape index (κ2) is 4.35. The van der Waals surface area contributed by atoms with Gasteiger partial charge in [-0.15, -0.1) is 0 Å². The molecule has 2 rings (SSSR count). The molecule has 0 aliphatic heterocycles. The molecular formula is C14H14O2. The van der Waals surface area contributed by atoms with Crippen molar-refractivity contribution in [2.45, 2.75) is 20.3 Å². The molecular weight excluding hydrogens is 200 g/mol. The topological polar surface area (TPSA) is 30.2 Å². The highest BCUT2D eigenvalue weighted by Crippen LogP contribution is 2.21. The van der Waals surface area contributed by atoms with E-state index < -0.39 is 0 Å². The Kier molecular flexibility index (Phi) is 2.91. The van der Waals surface area contributed by atoms with Crippen LogP contribution in [0.3, 0.4) is 0 Å². The molecule has 0 unspecified atom stereocenters. The molecule has 0 fully saturated rings. The van der Waals surface area contributed by atoms with E-state index in [4.69, 9.17) is 4.42 Å². The van der Waals surface area contributed by atoms with Crippen LogP contribution in [0.1, 0.15) is 29.5 Å². The summed E-state index contributed by atoms with van der Waals surface area (Å²) in [7, 11) is 0. The number of benzene rings is 1. The van der Waals surface area contributed by atoms with E-state index in [1.165, 1.54) is 0 Å². The molecule has 0 atom stereocenters. The molecule has 0 bridgehead atoms. The van der Waals surface area contributed by atoms with E-state index >= 15 is 0 Å². The number of rotatable bonds is 3. The van der Waals surface area contributed by atoms with Crippen molar-refractivity contribution in [3.05, 3.63) is 47.7 Å². The summed E-state index contributed by atoms with van der Waals surface area (Å²) in [6.45, 7) is 4.01. The minimum Gasteiger partial charge on any atom is -0.453 e. The summed E-state index contributed by atoms with van der Waals surface area (Å²) in [6.07, 6.45) is 4.25. The molecule has 0 N–H and O–H groups in total. The number of carbonyl (C=O) groups is 1. The molecule has 0 aliphatic carbocycles. The zero-order chi connectivity index (χ0) is 11.5. The third-order valence-corrected chi connectivity index (χ3v) is 2.42. The maximum atomic E-state index is 11.7. The van der Waals surface area contributed by atoms with Crippen LogP contribution < -0.4 is 0 Å². The molecule has 2 heteroatoms. The van der Waals surface area contributed by atoms with Gasteiger partial charge in [0.1, 0.15) is 5.58 Å². The Balaban J connectivity index is 2.39. The van der Waals surface area contributed by atoms with Gasteiger partial charge < -0.3 is 4.42 Å². The highest BCUT2D eigenvalue weighted by atomic mass is 16.3. The Labute approximate surface area is 94.6 Å². The van der Waals surface area contributed by atoms with Crippen molar-refractivity contribution in [2.24, 2.45) is 0 Å². The van der Waals surface area contributed by atoms with Crippen molar-refractivity contribution in [2.75, 3.05) is 0 Å². The summed E-state index contributed by atoms with van der Waals surface area (Å²) >= 11 is 0. The van der Waals surface area contributed by atoms with Crippen LogP contribution in [-0.4, -0.2) is 5.78 Å². The summed E-state index contributed by atoms with van der Waals surface area (Å²) in [6, 6.07) is 7.68. The molecule has 1 aromatic carbocycles. The highest BCUT2D eigenvalue weighted by molar-refractivity contribution is 6.04. The predicted molar refractivity (Wildman–Crippen MR) is 64.7 cm³/mol. The van der Waals surface area contributed by atoms with Crippen molar-refractivity contribution < 1.29 is 9.21 Å². The Morgan fingerprint density at radius 3 is 2.94 bits per heavy atom. The number of hydrogen-bond donors (Lipinski definition) is 0. The van der Waals surface area contributed by atoms with Gasteiger partial charge in [0.25, 0.3) is 0 Å². The highest BCUT2D eigenvalue weighted by Gasteiger charge is 2.08. The number of aryl methyl sites for hydroxylation is 1. The van der Waals surface area contributed by atoms with E-state index in [1.807, 2.05) is 38.1 Å². The number of hydrogen-bond acceptors (Lipinski definition) is 2. The Morgan fingerprint density at radius 1 is 1.38 bits per heavy atom. The van der Waals surface area contributed by atoms with Crippen LogP contribution in [0.25, 0.3) is 11.0 Å². The molecule has 2 aromatic rings. The number of fused-ring (bicyclic) bond motifs is 1. The quantitative estimate of drug-likeness (QED) is 0.573. The fraction of sp³-hybridized carbons (Fsp3) is 0.214. The molecule has 0 saturated heterocycles. The van der Waals surface area contributed by atoms with Crippen molar-refractivity contribution in [1.29, 1.82) is 0 Å². The number of furan rings is 1. The smallest absolute Gasteiger partial charge is 0.220 e. The molecule has 1 aromatic heterocycles. The molecule has 16 heavy (non-hydrogen) atoms. The van der Waals surface area contributed by atoms with Gasteiger partial charge in [0.05, 0.1) is 0 Å². The Morgan fingerprint density at radius 2 is 2.19 bits per heavy atom. The number of allylic oxidation sites excluding steroid dienone is 2. The summed E-state index contributed by atoms with van der Waals surface area (Å²) in [4.78, 5) is 11.7. The van der Waals surface area contributed by atoms with Crippen molar-refractivity contribution in [1.82, 2.24) is 0 Å². The molecule has 2 nitrogen and oxygen atoms in total. The van der Waals surface area contributed by atoms with E-state index in [0.717, 1.165) is 23.0 Å². The minimum atomic E-state index is -0.0734. The normalized spacial score (nSPS) is 11.4. The predicted octanol–water partition coefficient (Wildman–Crippen LogP) is 3.89. The van der Waals surface area contributed by atoms with Crippen LogP contribution in [0.15, 0.2) is 40.8 Å². The maximum absolute atomic E-state index is 11.7. The number of carbonyl (C=O) groups excluding carboxylic acids is 1. The lowest BCUT2D eigenvalue weighted by atomic mass is 10.2. The largest absolute Gasteiger partial charge is 0.453 e. The molecule has 1 heterocycles. The van der Waals surface area contributed by atoms with Crippen LogP contribution in [0, 0.1) is 6.92 Å². The van der Waals surface area contributed by atoms with Gasteiger partial charge in [-0.1, -0.05) is 24.6 Å². The standard InChI is InChI=1S/C14H14O2/c1-3-4-5-12(15)14-9-11-8-10(2)6-7-13(11)16-14/h4-9H,3H2,1-2H3/b5-4+. The molecule has 0 amide bonds. The van der Waals surface area contributed by atoms with Gasteiger partial charge in [-0.3, -0.25) is 4.79 Å². The summed E-state index contributed by atoms with van der Waals surface area (Å²) < 4.78 is 5.48. The van der Waals surface area contributed by atoms with Gasteiger partial charge in [0.2, 0.25) is 5.78 Å². The SMILES string of the molecule is CC/C=C/C(=O)c1cc2cc(C)ccc2o1. The minimum absolute atomic E-state index is 0.0734. The van der Waals surface area contributed by atoms with E-state index in [-0.39, 0.29) is 5.78 Å². The van der Waals surface area contributed by atoms with Crippen molar-refractivity contribution in [3.63, 3.8) is 0 Å². The first-order valence-corrected chi connectivity index (χ1v) is 5.42. The maximum Gasteiger partial charge on any atom is 0.220 e. The van der Waals surface area contributed by atoms with E-state index in [2.05, 4.69) is 0 Å². The van der Waals surface area contributed by atoms with Gasteiger partial charge in [0, 0.05) is 5.39 Å². The van der Waals surface area contributed by atoms with E-state index in [1.54, 1.807) is 12.1 Å². The van der Waals surface area contributed by atoms with Crippen LogP contribution in [0.4, 0.5) is 0 Å². The zero-order valence-electron chi connectivity index (χ0n) is 9.49. The summed E-state index contributed by atoms with van der Waals surface area (Å²) in [5.41, 5.74) is 1.93. The lowest BCUT2D eigenvalue weighted by Crippen LogP contribution is -1.89. The third kappa shape index (κ3) is 2.06. The zero-order valence-corrected chi connectivity index (χ0v) is 9.49. The molecule has 0 aliphatic rings. The lowest BCUT2D eigenvalue weighted by Gasteiger charge is -1.89. The van der Waals surface area contributed by atoms with E-state index in [0.29, 0.717) is 5.76 Å². The molecule has 0 saturated carbocycles. The summed E-state index contributed by atoms with van der Waals surface area (Å²) in [5, 5.41) is 0.980. The summed E-state index contributed by atoms with van der Waals surface area (Å²) in [5.74, 6) is 0.334. The number of ketones is 1. The Bertz CT molecular complexity index is 547. The van der Waals surface area contributed by atoms with Gasteiger partial charge >= 0.3 is 0 Å². The monoisotopic (exact) mass is 214 g/mol. The second-order valence-electron chi connectivity index (χ2n) is 3.83. The fourth-order valence-corrected chi connectivity index (χ4v) is 1.59. The van der Waals surface area contributed by atoms with Crippen LogP contribution >= 0.6 is 0 Å². The Hall–Kier alpha value is -1.83. The van der Waals surface area contributed by atoms with Crippen LogP contribution in [-0.2, 0) is 0 Å².